The van der Waals surface area contributed by atoms with E-state index in [0.29, 0.717) is 5.56 Å². The summed E-state index contributed by atoms with van der Waals surface area (Å²) in [6.07, 6.45) is -4.70. The fourth-order valence-corrected chi connectivity index (χ4v) is 2.11. The Morgan fingerprint density at radius 1 is 1.24 bits per heavy atom. The molecule has 0 unspecified atom stereocenters. The van der Waals surface area contributed by atoms with Crippen LogP contribution in [0.2, 0.25) is 5.02 Å². The second kappa shape index (κ2) is 6.71. The first-order chi connectivity index (χ1) is 11.5. The summed E-state index contributed by atoms with van der Waals surface area (Å²) in [7, 11) is 3.01. The van der Waals surface area contributed by atoms with Crippen LogP contribution in [-0.2, 0) is 6.18 Å². The van der Waals surface area contributed by atoms with Gasteiger partial charge in [0.1, 0.15) is 16.6 Å². The summed E-state index contributed by atoms with van der Waals surface area (Å²) in [5, 5.41) is 10.8. The van der Waals surface area contributed by atoms with Gasteiger partial charge in [0, 0.05) is 20.2 Å². The number of nitro groups is 1. The van der Waals surface area contributed by atoms with Crippen LogP contribution in [0.3, 0.4) is 0 Å². The van der Waals surface area contributed by atoms with E-state index in [1.807, 2.05) is 0 Å². The van der Waals surface area contributed by atoms with Crippen molar-refractivity contribution in [3.8, 4) is 11.8 Å². The lowest BCUT2D eigenvalue weighted by Crippen LogP contribution is -2.16. The lowest BCUT2D eigenvalue weighted by Gasteiger charge is -2.15. The molecule has 0 spiro atoms. The third-order valence-electron chi connectivity index (χ3n) is 3.08. The normalized spacial score (nSPS) is 11.3. The van der Waals surface area contributed by atoms with Gasteiger partial charge in [0.25, 0.3) is 5.69 Å². The molecule has 0 bridgehead atoms. The van der Waals surface area contributed by atoms with Crippen molar-refractivity contribution >= 4 is 23.1 Å². The Bertz CT molecular complexity index is 828. The van der Waals surface area contributed by atoms with Crippen molar-refractivity contribution < 1.29 is 22.8 Å². The van der Waals surface area contributed by atoms with Crippen LogP contribution >= 0.6 is 11.6 Å². The topological polar surface area (TPSA) is 81.4 Å². The van der Waals surface area contributed by atoms with Gasteiger partial charge in [-0.2, -0.15) is 23.1 Å². The van der Waals surface area contributed by atoms with Gasteiger partial charge in [0.05, 0.1) is 11.0 Å². The van der Waals surface area contributed by atoms with Gasteiger partial charge >= 0.3 is 12.2 Å². The summed E-state index contributed by atoms with van der Waals surface area (Å²) >= 11 is 5.77. The number of aryl methyl sites for hydroxylation is 1. The number of aromatic nitrogens is 2. The molecular weight excluding hydrogens is 365 g/mol. The van der Waals surface area contributed by atoms with Gasteiger partial charge in [-0.3, -0.25) is 10.1 Å². The van der Waals surface area contributed by atoms with Crippen LogP contribution in [0.25, 0.3) is 0 Å². The summed E-state index contributed by atoms with van der Waals surface area (Å²) in [4.78, 5) is 18.8. The molecule has 7 nitrogen and oxygen atoms in total. The van der Waals surface area contributed by atoms with Crippen molar-refractivity contribution in [1.82, 2.24) is 9.97 Å². The standard InChI is InChI=1S/C14H12ClF3N4O3/c1-7-4-8(15)9(22(23)24)5-10(7)25-13-19-11(14(16,17)18)6-12(20-13)21(2)3/h4-6H,1-3H3. The minimum Gasteiger partial charge on any atom is -0.424 e. The molecule has 0 saturated carbocycles. The smallest absolute Gasteiger partial charge is 0.424 e. The van der Waals surface area contributed by atoms with Crippen molar-refractivity contribution in [3.63, 3.8) is 0 Å². The number of hydrogen-bond donors (Lipinski definition) is 0. The number of nitrogens with zero attached hydrogens (tertiary/aromatic N) is 4. The van der Waals surface area contributed by atoms with Crippen molar-refractivity contribution in [2.75, 3.05) is 19.0 Å². The third-order valence-corrected chi connectivity index (χ3v) is 3.39. The maximum atomic E-state index is 13.0. The van der Waals surface area contributed by atoms with Crippen LogP contribution < -0.4 is 9.64 Å². The Labute approximate surface area is 145 Å². The van der Waals surface area contributed by atoms with Crippen LogP contribution in [0.5, 0.6) is 11.8 Å². The maximum Gasteiger partial charge on any atom is 0.433 e. The van der Waals surface area contributed by atoms with Gasteiger partial charge in [0.2, 0.25) is 0 Å². The fraction of sp³-hybridized carbons (Fsp3) is 0.286. The first-order valence-corrected chi connectivity index (χ1v) is 7.13. The largest absolute Gasteiger partial charge is 0.433 e. The van der Waals surface area contributed by atoms with Crippen LogP contribution in [0.15, 0.2) is 18.2 Å². The van der Waals surface area contributed by atoms with Crippen LogP contribution in [0, 0.1) is 17.0 Å². The molecule has 0 saturated heterocycles. The van der Waals surface area contributed by atoms with E-state index in [2.05, 4.69) is 9.97 Å². The zero-order valence-corrected chi connectivity index (χ0v) is 14.0. The third kappa shape index (κ3) is 4.27. The van der Waals surface area contributed by atoms with Crippen LogP contribution in [-0.4, -0.2) is 29.0 Å². The van der Waals surface area contributed by atoms with E-state index in [1.54, 1.807) is 0 Å². The highest BCUT2D eigenvalue weighted by Gasteiger charge is 2.34. The number of alkyl halides is 3. The summed E-state index contributed by atoms with van der Waals surface area (Å²) in [5.41, 5.74) is -1.26. The highest BCUT2D eigenvalue weighted by atomic mass is 35.5. The summed E-state index contributed by atoms with van der Waals surface area (Å²) in [5.74, 6) is -0.0985. The number of ether oxygens (including phenoxy) is 1. The Kier molecular flexibility index (Phi) is 5.02. The molecule has 0 N–H and O–H groups in total. The average molecular weight is 377 g/mol. The molecule has 1 aromatic carbocycles. The molecule has 11 heteroatoms. The number of hydrogen-bond acceptors (Lipinski definition) is 6. The van der Waals surface area contributed by atoms with E-state index in [9.17, 15) is 23.3 Å². The minimum atomic E-state index is -4.70. The highest BCUT2D eigenvalue weighted by Crippen LogP contribution is 2.35. The molecule has 2 aromatic rings. The predicted molar refractivity (Wildman–Crippen MR) is 84.3 cm³/mol. The Balaban J connectivity index is 2.52. The molecule has 2 rings (SSSR count). The van der Waals surface area contributed by atoms with E-state index in [-0.39, 0.29) is 16.6 Å². The van der Waals surface area contributed by atoms with E-state index in [4.69, 9.17) is 16.3 Å². The number of rotatable bonds is 4. The first-order valence-electron chi connectivity index (χ1n) is 6.75. The van der Waals surface area contributed by atoms with E-state index >= 15 is 0 Å². The van der Waals surface area contributed by atoms with Crippen molar-refractivity contribution in [1.29, 1.82) is 0 Å². The van der Waals surface area contributed by atoms with Gasteiger partial charge in [-0.25, -0.2) is 0 Å². The number of halogens is 4. The van der Waals surface area contributed by atoms with E-state index in [1.165, 1.54) is 32.0 Å². The minimum absolute atomic E-state index is 0.0292. The lowest BCUT2D eigenvalue weighted by atomic mass is 10.2. The van der Waals surface area contributed by atoms with Crippen LogP contribution in [0.1, 0.15) is 11.3 Å². The molecule has 25 heavy (non-hydrogen) atoms. The SMILES string of the molecule is Cc1cc(Cl)c([N+](=O)[O-])cc1Oc1nc(N(C)C)cc(C(F)(F)F)n1. The average Bonchev–Trinajstić information content (AvgIpc) is 2.48. The Morgan fingerprint density at radius 2 is 1.88 bits per heavy atom. The number of benzene rings is 1. The highest BCUT2D eigenvalue weighted by molar-refractivity contribution is 6.32. The van der Waals surface area contributed by atoms with Gasteiger partial charge in [-0.15, -0.1) is 0 Å². The monoisotopic (exact) mass is 376 g/mol. The summed E-state index contributed by atoms with van der Waals surface area (Å²) < 4.78 is 44.2. The first kappa shape index (κ1) is 18.7. The summed E-state index contributed by atoms with van der Waals surface area (Å²) in [6.45, 7) is 1.53. The van der Waals surface area contributed by atoms with Crippen molar-refractivity contribution in [3.05, 3.63) is 44.6 Å². The second-order valence-corrected chi connectivity index (χ2v) is 5.62. The molecule has 0 atom stereocenters. The zero-order valence-electron chi connectivity index (χ0n) is 13.3. The van der Waals surface area contributed by atoms with Crippen molar-refractivity contribution in [2.24, 2.45) is 0 Å². The van der Waals surface area contributed by atoms with E-state index < -0.39 is 28.5 Å². The quantitative estimate of drug-likeness (QED) is 0.587. The Hall–Kier alpha value is -2.62. The molecule has 1 heterocycles. The van der Waals surface area contributed by atoms with Gasteiger partial charge in [-0.05, 0) is 18.6 Å². The molecule has 0 radical (unpaired) electrons. The maximum absolute atomic E-state index is 13.0. The zero-order chi connectivity index (χ0) is 18.9. The molecule has 0 aliphatic rings. The fourth-order valence-electron chi connectivity index (χ4n) is 1.82. The number of anilines is 1. The molecule has 0 aliphatic carbocycles. The second-order valence-electron chi connectivity index (χ2n) is 5.21. The van der Waals surface area contributed by atoms with Gasteiger partial charge in [0.15, 0.2) is 5.69 Å². The molecule has 134 valence electrons. The lowest BCUT2D eigenvalue weighted by molar-refractivity contribution is -0.384. The number of nitro benzene ring substituents is 1. The van der Waals surface area contributed by atoms with Crippen LogP contribution in [0.4, 0.5) is 24.7 Å². The van der Waals surface area contributed by atoms with E-state index in [0.717, 1.165) is 12.1 Å². The molecule has 0 aliphatic heterocycles. The predicted octanol–water partition coefficient (Wildman–Crippen LogP) is 4.22. The van der Waals surface area contributed by atoms with Gasteiger partial charge < -0.3 is 9.64 Å². The van der Waals surface area contributed by atoms with Gasteiger partial charge in [-0.1, -0.05) is 11.6 Å². The summed E-state index contributed by atoms with van der Waals surface area (Å²) in [6, 6.07) is 2.47. The Morgan fingerprint density at radius 3 is 2.40 bits per heavy atom. The molecule has 1 aromatic heterocycles. The molecule has 0 fully saturated rings. The molecular formula is C14H12ClF3N4O3. The molecule has 0 amide bonds. The van der Waals surface area contributed by atoms with Crippen molar-refractivity contribution in [2.45, 2.75) is 13.1 Å².